The minimum atomic E-state index is -0.667. The Labute approximate surface area is 180 Å². The van der Waals surface area contributed by atoms with Crippen LogP contribution in [0.4, 0.5) is 0 Å². The maximum Gasteiger partial charge on any atom is 0.342 e. The fourth-order valence-corrected chi connectivity index (χ4v) is 3.12. The molecule has 2 aromatic carbocycles. The number of methoxy groups -OCH3 is 2. The largest absolute Gasteiger partial charge is 0.497 e. The van der Waals surface area contributed by atoms with Crippen LogP contribution in [-0.4, -0.2) is 39.4 Å². The first-order chi connectivity index (χ1) is 15.0. The van der Waals surface area contributed by atoms with Crippen molar-refractivity contribution in [1.82, 2.24) is 0 Å². The van der Waals surface area contributed by atoms with Gasteiger partial charge in [-0.05, 0) is 62.4 Å². The molecule has 0 N–H and O–H groups in total. The molecule has 0 aliphatic carbocycles. The number of benzene rings is 2. The van der Waals surface area contributed by atoms with Crippen LogP contribution in [0, 0.1) is 0 Å². The van der Waals surface area contributed by atoms with Crippen LogP contribution in [0.15, 0.2) is 52.9 Å². The Bertz CT molecular complexity index is 963. The average Bonchev–Trinajstić information content (AvgIpc) is 3.20. The Balaban J connectivity index is 2.27. The van der Waals surface area contributed by atoms with Crippen LogP contribution in [0.3, 0.4) is 0 Å². The lowest BCUT2D eigenvalue weighted by Gasteiger charge is -2.07. The number of ether oxygens (including phenoxy) is 4. The minimum Gasteiger partial charge on any atom is -0.497 e. The third-order valence-electron chi connectivity index (χ3n) is 4.57. The highest BCUT2D eigenvalue weighted by molar-refractivity contribution is 6.10. The normalized spacial score (nSPS) is 10.5. The molecule has 0 atom stereocenters. The number of esters is 2. The molecule has 0 aliphatic rings. The van der Waals surface area contributed by atoms with Gasteiger partial charge in [0.2, 0.25) is 0 Å². The van der Waals surface area contributed by atoms with Crippen molar-refractivity contribution >= 4 is 11.9 Å². The van der Waals surface area contributed by atoms with Gasteiger partial charge in [-0.3, -0.25) is 0 Å². The van der Waals surface area contributed by atoms with Crippen molar-refractivity contribution in [3.63, 3.8) is 0 Å². The molecule has 3 rings (SSSR count). The summed E-state index contributed by atoms with van der Waals surface area (Å²) in [7, 11) is 3.12. The van der Waals surface area contributed by atoms with Gasteiger partial charge in [-0.15, -0.1) is 0 Å². The number of hydrogen-bond acceptors (Lipinski definition) is 7. The highest BCUT2D eigenvalue weighted by Crippen LogP contribution is 2.39. The summed E-state index contributed by atoms with van der Waals surface area (Å²) < 4.78 is 27.0. The summed E-state index contributed by atoms with van der Waals surface area (Å²) in [5, 5.41) is 0. The topological polar surface area (TPSA) is 84.2 Å². The summed E-state index contributed by atoms with van der Waals surface area (Å²) in [5.74, 6) is 0.396. The molecule has 3 aromatic rings. The van der Waals surface area contributed by atoms with Gasteiger partial charge in [0, 0.05) is 11.1 Å². The summed E-state index contributed by atoms with van der Waals surface area (Å²) in [4.78, 5) is 25.8. The number of rotatable bonds is 8. The summed E-state index contributed by atoms with van der Waals surface area (Å²) >= 11 is 0. The second-order valence-electron chi connectivity index (χ2n) is 6.41. The predicted octanol–water partition coefficient (Wildman–Crippen LogP) is 4.98. The van der Waals surface area contributed by atoms with Gasteiger partial charge in [0.15, 0.2) is 0 Å². The number of hydrogen-bond donors (Lipinski definition) is 0. The van der Waals surface area contributed by atoms with E-state index in [1.54, 1.807) is 76.6 Å². The third-order valence-corrected chi connectivity index (χ3v) is 4.57. The van der Waals surface area contributed by atoms with Gasteiger partial charge in [-0.1, -0.05) is 0 Å². The minimum absolute atomic E-state index is 0.0243. The molecular weight excluding hydrogens is 400 g/mol. The van der Waals surface area contributed by atoms with Crippen LogP contribution in [0.1, 0.15) is 34.6 Å². The predicted molar refractivity (Wildman–Crippen MR) is 115 cm³/mol. The van der Waals surface area contributed by atoms with Gasteiger partial charge in [-0.25, -0.2) is 9.59 Å². The van der Waals surface area contributed by atoms with Crippen LogP contribution < -0.4 is 9.47 Å². The average molecular weight is 424 g/mol. The molecular formula is C24H24O7. The van der Waals surface area contributed by atoms with Crippen LogP contribution in [0.5, 0.6) is 11.5 Å². The molecule has 0 amide bonds. The van der Waals surface area contributed by atoms with Gasteiger partial charge in [0.05, 0.1) is 27.4 Å². The fraction of sp³-hybridized carbons (Fsp3) is 0.250. The van der Waals surface area contributed by atoms with Crippen molar-refractivity contribution in [1.29, 1.82) is 0 Å². The highest BCUT2D eigenvalue weighted by atomic mass is 16.5. The first kappa shape index (κ1) is 22.0. The van der Waals surface area contributed by atoms with E-state index in [0.717, 1.165) is 0 Å². The molecule has 0 saturated carbocycles. The summed E-state index contributed by atoms with van der Waals surface area (Å²) in [6.07, 6.45) is 0. The smallest absolute Gasteiger partial charge is 0.342 e. The second-order valence-corrected chi connectivity index (χ2v) is 6.41. The summed E-state index contributed by atoms with van der Waals surface area (Å²) in [6.45, 7) is 3.68. The third kappa shape index (κ3) is 4.55. The zero-order valence-corrected chi connectivity index (χ0v) is 17.9. The van der Waals surface area contributed by atoms with Crippen molar-refractivity contribution in [2.24, 2.45) is 0 Å². The number of furan rings is 1. The maximum atomic E-state index is 12.9. The Morgan fingerprint density at radius 3 is 1.32 bits per heavy atom. The molecule has 0 spiro atoms. The highest BCUT2D eigenvalue weighted by Gasteiger charge is 2.33. The van der Waals surface area contributed by atoms with Gasteiger partial charge in [0.25, 0.3) is 0 Å². The van der Waals surface area contributed by atoms with E-state index >= 15 is 0 Å². The van der Waals surface area contributed by atoms with Crippen molar-refractivity contribution in [3.05, 3.63) is 59.7 Å². The Morgan fingerprint density at radius 2 is 1.03 bits per heavy atom. The molecule has 0 radical (unpaired) electrons. The first-order valence-electron chi connectivity index (χ1n) is 9.83. The lowest BCUT2D eigenvalue weighted by atomic mass is 10.0. The van der Waals surface area contributed by atoms with Crippen LogP contribution in [0.25, 0.3) is 22.6 Å². The SMILES string of the molecule is CCOC(=O)c1c(-c2ccc(OC)cc2)oc(-c2ccc(OC)cc2)c1C(=O)OCC. The molecule has 7 heteroatoms. The van der Waals surface area contributed by atoms with E-state index in [4.69, 9.17) is 23.4 Å². The van der Waals surface area contributed by atoms with Crippen molar-refractivity contribution in [3.8, 4) is 34.1 Å². The molecule has 0 aliphatic heterocycles. The number of carbonyl (C=O) groups excluding carboxylic acids is 2. The van der Waals surface area contributed by atoms with E-state index in [-0.39, 0.29) is 35.9 Å². The van der Waals surface area contributed by atoms with Crippen LogP contribution in [-0.2, 0) is 9.47 Å². The van der Waals surface area contributed by atoms with Crippen LogP contribution in [0.2, 0.25) is 0 Å². The Morgan fingerprint density at radius 1 is 0.677 bits per heavy atom. The van der Waals surface area contributed by atoms with Gasteiger partial charge >= 0.3 is 11.9 Å². The van der Waals surface area contributed by atoms with Crippen molar-refractivity contribution in [2.45, 2.75) is 13.8 Å². The molecule has 7 nitrogen and oxygen atoms in total. The van der Waals surface area contributed by atoms with Crippen LogP contribution >= 0.6 is 0 Å². The standard InChI is InChI=1S/C24H24O7/c1-5-29-23(25)19-20(24(26)30-6-2)22(16-9-13-18(28-4)14-10-16)31-21(19)15-7-11-17(27-3)12-8-15/h7-14H,5-6H2,1-4H3. The Kier molecular flexibility index (Phi) is 6.97. The fourth-order valence-electron chi connectivity index (χ4n) is 3.12. The van der Waals surface area contributed by atoms with E-state index in [9.17, 15) is 9.59 Å². The number of carbonyl (C=O) groups is 2. The van der Waals surface area contributed by atoms with Crippen molar-refractivity contribution < 1.29 is 33.0 Å². The van der Waals surface area contributed by atoms with E-state index in [1.165, 1.54) is 0 Å². The monoisotopic (exact) mass is 424 g/mol. The molecule has 0 unspecified atom stereocenters. The van der Waals surface area contributed by atoms with E-state index < -0.39 is 11.9 Å². The van der Waals surface area contributed by atoms with Gasteiger partial charge in [0.1, 0.15) is 34.1 Å². The van der Waals surface area contributed by atoms with Crippen molar-refractivity contribution in [2.75, 3.05) is 27.4 Å². The first-order valence-corrected chi connectivity index (χ1v) is 9.83. The molecule has 0 fully saturated rings. The quantitative estimate of drug-likeness (QED) is 0.471. The lowest BCUT2D eigenvalue weighted by molar-refractivity contribution is 0.0481. The Hall–Kier alpha value is -3.74. The zero-order valence-electron chi connectivity index (χ0n) is 17.9. The van der Waals surface area contributed by atoms with E-state index in [1.807, 2.05) is 0 Å². The summed E-state index contributed by atoms with van der Waals surface area (Å²) in [6, 6.07) is 13.9. The zero-order chi connectivity index (χ0) is 22.4. The van der Waals surface area contributed by atoms with Gasteiger partial charge in [-0.2, -0.15) is 0 Å². The molecule has 1 aromatic heterocycles. The lowest BCUT2D eigenvalue weighted by Crippen LogP contribution is -2.13. The molecule has 1 heterocycles. The van der Waals surface area contributed by atoms with Gasteiger partial charge < -0.3 is 23.4 Å². The maximum absolute atomic E-state index is 12.9. The van der Waals surface area contributed by atoms with E-state index in [2.05, 4.69) is 0 Å². The molecule has 0 saturated heterocycles. The second kappa shape index (κ2) is 9.84. The molecule has 31 heavy (non-hydrogen) atoms. The molecule has 0 bridgehead atoms. The molecule has 162 valence electrons. The summed E-state index contributed by atoms with van der Waals surface area (Å²) in [5.41, 5.74) is 1.23. The van der Waals surface area contributed by atoms with E-state index in [0.29, 0.717) is 22.6 Å².